The van der Waals surface area contributed by atoms with Gasteiger partial charge in [-0.1, -0.05) is 29.8 Å². The molecule has 8 heteroatoms. The molecule has 4 rings (SSSR count). The van der Waals surface area contributed by atoms with E-state index in [1.165, 1.54) is 24.3 Å². The van der Waals surface area contributed by atoms with Crippen LogP contribution in [0.15, 0.2) is 67.0 Å². The molecular weight excluding hydrogens is 442 g/mol. The molecule has 168 valence electrons. The van der Waals surface area contributed by atoms with Crippen molar-refractivity contribution in [3.05, 3.63) is 94.3 Å². The molecule has 0 saturated carbocycles. The van der Waals surface area contributed by atoms with Crippen LogP contribution in [0, 0.1) is 5.92 Å². The fourth-order valence-corrected chi connectivity index (χ4v) is 4.18. The van der Waals surface area contributed by atoms with Gasteiger partial charge in [0.1, 0.15) is 5.75 Å². The number of nitrogens with one attached hydrogen (secondary N) is 2. The van der Waals surface area contributed by atoms with Crippen LogP contribution in [0.2, 0.25) is 5.02 Å². The lowest BCUT2D eigenvalue weighted by Gasteiger charge is -2.19. The molecule has 0 bridgehead atoms. The fraction of sp³-hybridized carbons (Fsp3) is 0.200. The first-order valence-electron chi connectivity index (χ1n) is 10.5. The van der Waals surface area contributed by atoms with Gasteiger partial charge in [-0.2, -0.15) is 0 Å². The number of phenols is 1. The van der Waals surface area contributed by atoms with Crippen LogP contribution in [-0.4, -0.2) is 46.7 Å². The van der Waals surface area contributed by atoms with Crippen molar-refractivity contribution in [2.45, 2.75) is 12.5 Å². The Labute approximate surface area is 195 Å². The van der Waals surface area contributed by atoms with Gasteiger partial charge in [-0.05, 0) is 36.4 Å². The van der Waals surface area contributed by atoms with Crippen molar-refractivity contribution in [3.8, 4) is 5.75 Å². The van der Waals surface area contributed by atoms with E-state index in [0.717, 1.165) is 0 Å². The summed E-state index contributed by atoms with van der Waals surface area (Å²) in [6, 6.07) is 13.8. The lowest BCUT2D eigenvalue weighted by molar-refractivity contribution is 0.0902. The second-order valence-electron chi connectivity index (χ2n) is 7.90. The van der Waals surface area contributed by atoms with Gasteiger partial charge in [0.25, 0.3) is 5.91 Å². The summed E-state index contributed by atoms with van der Waals surface area (Å²) in [6.07, 6.45) is 3.33. The number of hydrogen-bond acceptors (Lipinski definition) is 6. The second-order valence-corrected chi connectivity index (χ2v) is 8.31. The van der Waals surface area contributed by atoms with E-state index in [1.54, 1.807) is 42.7 Å². The number of hydrogen-bond donors (Lipinski definition) is 3. The molecule has 2 aromatic carbocycles. The van der Waals surface area contributed by atoms with Crippen molar-refractivity contribution in [2.75, 3.05) is 13.1 Å². The number of carbonyl (C=O) groups excluding carboxylic acids is 3. The number of amides is 1. The van der Waals surface area contributed by atoms with Crippen LogP contribution in [0.5, 0.6) is 5.75 Å². The van der Waals surface area contributed by atoms with Crippen LogP contribution < -0.4 is 10.6 Å². The van der Waals surface area contributed by atoms with E-state index in [-0.39, 0.29) is 52.0 Å². The van der Waals surface area contributed by atoms with Gasteiger partial charge in [-0.3, -0.25) is 19.4 Å². The van der Waals surface area contributed by atoms with Gasteiger partial charge >= 0.3 is 0 Å². The molecule has 7 nitrogen and oxygen atoms in total. The SMILES string of the molecule is O=C(C[C@@H]1CNC[C@H]1NC(=O)c1ccncc1)c1ccc(C(=O)c2ccccc2O)c(Cl)c1. The third kappa shape index (κ3) is 5.10. The Bertz CT molecular complexity index is 1200. The van der Waals surface area contributed by atoms with E-state index in [0.29, 0.717) is 24.2 Å². The van der Waals surface area contributed by atoms with E-state index in [1.807, 2.05) is 0 Å². The first-order valence-corrected chi connectivity index (χ1v) is 10.9. The molecule has 0 radical (unpaired) electrons. The molecule has 3 aromatic rings. The van der Waals surface area contributed by atoms with Crippen LogP contribution in [0.3, 0.4) is 0 Å². The Kier molecular flexibility index (Phi) is 6.82. The molecule has 0 unspecified atom stereocenters. The van der Waals surface area contributed by atoms with Crippen molar-refractivity contribution in [1.82, 2.24) is 15.6 Å². The summed E-state index contributed by atoms with van der Waals surface area (Å²) < 4.78 is 0. The standard InChI is InChI=1S/C25H22ClN3O4/c26-20-11-16(5-6-18(20)24(32)19-3-1-2-4-22(19)30)23(31)12-17-13-28-14-21(17)29-25(33)15-7-9-27-10-8-15/h1-11,17,21,28,30H,12-14H2,(H,29,33)/t17-,21-/m1/s1. The molecule has 2 atom stereocenters. The predicted octanol–water partition coefficient (Wildman–Crippen LogP) is 3.26. The van der Waals surface area contributed by atoms with Gasteiger partial charge in [0.15, 0.2) is 11.6 Å². The molecule has 1 amide bonds. The minimum Gasteiger partial charge on any atom is -0.507 e. The van der Waals surface area contributed by atoms with Crippen molar-refractivity contribution < 1.29 is 19.5 Å². The number of ketones is 2. The van der Waals surface area contributed by atoms with E-state index < -0.39 is 5.78 Å². The topological polar surface area (TPSA) is 108 Å². The Morgan fingerprint density at radius 3 is 2.48 bits per heavy atom. The number of para-hydroxylation sites is 1. The van der Waals surface area contributed by atoms with Gasteiger partial charge in [-0.25, -0.2) is 0 Å². The second kappa shape index (κ2) is 9.94. The quantitative estimate of drug-likeness (QED) is 0.464. The number of aromatic nitrogens is 1. The average Bonchev–Trinajstić information content (AvgIpc) is 3.25. The third-order valence-electron chi connectivity index (χ3n) is 5.73. The lowest BCUT2D eigenvalue weighted by atomic mass is 9.93. The van der Waals surface area contributed by atoms with Crippen molar-refractivity contribution in [3.63, 3.8) is 0 Å². The van der Waals surface area contributed by atoms with Crippen molar-refractivity contribution >= 4 is 29.1 Å². The molecule has 0 spiro atoms. The number of nitrogens with zero attached hydrogens (tertiary/aromatic N) is 1. The zero-order valence-corrected chi connectivity index (χ0v) is 18.4. The first kappa shape index (κ1) is 22.6. The Hall–Kier alpha value is -3.55. The number of Topliss-reactive ketones (excluding diaryl/α,β-unsaturated/α-hetero) is 1. The monoisotopic (exact) mass is 463 g/mol. The highest BCUT2D eigenvalue weighted by Gasteiger charge is 2.31. The number of phenolic OH excluding ortho intramolecular Hbond substituents is 1. The highest BCUT2D eigenvalue weighted by atomic mass is 35.5. The zero-order chi connectivity index (χ0) is 23.4. The van der Waals surface area contributed by atoms with Gasteiger partial charge in [0, 0.05) is 60.6 Å². The van der Waals surface area contributed by atoms with E-state index in [9.17, 15) is 19.5 Å². The normalized spacial score (nSPS) is 17.5. The van der Waals surface area contributed by atoms with Crippen LogP contribution in [0.4, 0.5) is 0 Å². The highest BCUT2D eigenvalue weighted by Crippen LogP contribution is 2.26. The summed E-state index contributed by atoms with van der Waals surface area (Å²) in [7, 11) is 0. The number of pyridine rings is 1. The molecule has 1 aliphatic rings. The Balaban J connectivity index is 1.44. The van der Waals surface area contributed by atoms with Crippen molar-refractivity contribution in [1.29, 1.82) is 0 Å². The van der Waals surface area contributed by atoms with E-state index in [2.05, 4.69) is 15.6 Å². The molecular formula is C25H22ClN3O4. The summed E-state index contributed by atoms with van der Waals surface area (Å²) >= 11 is 6.32. The molecule has 1 aromatic heterocycles. The number of halogens is 1. The van der Waals surface area contributed by atoms with Gasteiger partial charge < -0.3 is 15.7 Å². The minimum absolute atomic E-state index is 0.0790. The van der Waals surface area contributed by atoms with Gasteiger partial charge in [0.05, 0.1) is 10.6 Å². The average molecular weight is 464 g/mol. The van der Waals surface area contributed by atoms with E-state index >= 15 is 0 Å². The summed E-state index contributed by atoms with van der Waals surface area (Å²) in [5, 5.41) is 16.3. The van der Waals surface area contributed by atoms with E-state index in [4.69, 9.17) is 11.6 Å². The molecule has 2 heterocycles. The first-order chi connectivity index (χ1) is 15.9. The molecule has 1 fully saturated rings. The van der Waals surface area contributed by atoms with Crippen LogP contribution in [0.1, 0.15) is 43.1 Å². The smallest absolute Gasteiger partial charge is 0.251 e. The van der Waals surface area contributed by atoms with Gasteiger partial charge in [-0.15, -0.1) is 0 Å². The molecule has 3 N–H and O–H groups in total. The molecule has 1 saturated heterocycles. The Morgan fingerprint density at radius 1 is 1.00 bits per heavy atom. The van der Waals surface area contributed by atoms with Crippen LogP contribution in [-0.2, 0) is 0 Å². The predicted molar refractivity (Wildman–Crippen MR) is 124 cm³/mol. The number of benzene rings is 2. The zero-order valence-electron chi connectivity index (χ0n) is 17.6. The summed E-state index contributed by atoms with van der Waals surface area (Å²) in [5.41, 5.74) is 1.25. The lowest BCUT2D eigenvalue weighted by Crippen LogP contribution is -2.41. The third-order valence-corrected chi connectivity index (χ3v) is 6.04. The maximum absolute atomic E-state index is 12.9. The van der Waals surface area contributed by atoms with Crippen molar-refractivity contribution in [2.24, 2.45) is 5.92 Å². The van der Waals surface area contributed by atoms with Gasteiger partial charge in [0.2, 0.25) is 0 Å². The summed E-state index contributed by atoms with van der Waals surface area (Å²) in [6.45, 7) is 1.17. The number of rotatable bonds is 7. The largest absolute Gasteiger partial charge is 0.507 e. The summed E-state index contributed by atoms with van der Waals surface area (Å²) in [5.74, 6) is -0.970. The maximum atomic E-state index is 12.9. The number of aromatic hydroxyl groups is 1. The highest BCUT2D eigenvalue weighted by molar-refractivity contribution is 6.35. The summed E-state index contributed by atoms with van der Waals surface area (Å²) in [4.78, 5) is 42.0. The molecule has 0 aliphatic carbocycles. The number of carbonyl (C=O) groups is 3. The van der Waals surface area contributed by atoms with Crippen LogP contribution >= 0.6 is 11.6 Å². The molecule has 33 heavy (non-hydrogen) atoms. The maximum Gasteiger partial charge on any atom is 0.251 e. The Morgan fingerprint density at radius 2 is 1.76 bits per heavy atom. The minimum atomic E-state index is -0.420. The fourth-order valence-electron chi connectivity index (χ4n) is 3.91. The van der Waals surface area contributed by atoms with Crippen LogP contribution in [0.25, 0.3) is 0 Å². The molecule has 1 aliphatic heterocycles.